The topological polar surface area (TPSA) is 49.9 Å². The number of imide groups is 1. The molecular weight excluding hydrogens is 423 g/mol. The molecule has 3 atom stereocenters. The second kappa shape index (κ2) is 7.43. The number of amides is 2. The fourth-order valence-electron chi connectivity index (χ4n) is 4.08. The molecule has 0 radical (unpaired) electrons. The summed E-state index contributed by atoms with van der Waals surface area (Å²) in [5, 5.41) is 2.30. The van der Waals surface area contributed by atoms with E-state index >= 15 is 0 Å². The van der Waals surface area contributed by atoms with Crippen molar-refractivity contribution in [3.8, 4) is 0 Å². The quantitative estimate of drug-likeness (QED) is 0.537. The van der Waals surface area contributed by atoms with Crippen LogP contribution in [-0.2, 0) is 14.4 Å². The molecule has 0 N–H and O–H groups in total. The zero-order valence-corrected chi connectivity index (χ0v) is 17.1. The SMILES string of the molecule is O=C1[C@@H]2[C@@H](ON(c3ccccc3)[C@H]2c2ccccc2)C(=O)N1c1ccc(Cl)c(Cl)c1. The molecule has 5 nitrogen and oxygen atoms in total. The molecule has 30 heavy (non-hydrogen) atoms. The number of carbonyl (C=O) groups excluding carboxylic acids is 2. The van der Waals surface area contributed by atoms with Gasteiger partial charge >= 0.3 is 0 Å². The van der Waals surface area contributed by atoms with Crippen LogP contribution in [0.4, 0.5) is 11.4 Å². The second-order valence-electron chi connectivity index (χ2n) is 7.18. The van der Waals surface area contributed by atoms with Crippen LogP contribution in [-0.4, -0.2) is 17.9 Å². The summed E-state index contributed by atoms with van der Waals surface area (Å²) in [6.07, 6.45) is -0.919. The van der Waals surface area contributed by atoms with E-state index in [1.165, 1.54) is 6.07 Å². The van der Waals surface area contributed by atoms with Gasteiger partial charge in [0.2, 0.25) is 5.91 Å². The van der Waals surface area contributed by atoms with Crippen molar-refractivity contribution in [2.45, 2.75) is 12.1 Å². The van der Waals surface area contributed by atoms with Gasteiger partial charge in [0, 0.05) is 0 Å². The summed E-state index contributed by atoms with van der Waals surface area (Å²) in [5.74, 6) is -1.42. The van der Waals surface area contributed by atoms with Gasteiger partial charge < -0.3 is 0 Å². The highest BCUT2D eigenvalue weighted by Crippen LogP contribution is 2.47. The third-order valence-corrected chi connectivity index (χ3v) is 6.17. The fraction of sp³-hybridized carbons (Fsp3) is 0.130. The summed E-state index contributed by atoms with van der Waals surface area (Å²) in [6.45, 7) is 0. The van der Waals surface area contributed by atoms with Crippen LogP contribution in [0.5, 0.6) is 0 Å². The molecule has 150 valence electrons. The van der Waals surface area contributed by atoms with Crippen molar-refractivity contribution in [1.82, 2.24) is 0 Å². The highest BCUT2D eigenvalue weighted by molar-refractivity contribution is 6.42. The van der Waals surface area contributed by atoms with Gasteiger partial charge in [0.05, 0.1) is 27.5 Å². The van der Waals surface area contributed by atoms with Gasteiger partial charge in [0.25, 0.3) is 5.91 Å². The molecular formula is C23H16Cl2N2O3. The van der Waals surface area contributed by atoms with Gasteiger partial charge in [-0.3, -0.25) is 14.4 Å². The lowest BCUT2D eigenvalue weighted by atomic mass is 9.90. The standard InChI is InChI=1S/C23H16Cl2N2O3/c24-17-12-11-16(13-18(17)25)26-22(28)19-20(14-7-3-1-4-8-14)27(30-21(19)23(26)29)15-9-5-2-6-10-15/h1-13,19-21H/t19-,20-,21+/m0/s1. The second-order valence-corrected chi connectivity index (χ2v) is 7.99. The number of carbonyl (C=O) groups is 2. The third-order valence-electron chi connectivity index (χ3n) is 5.43. The molecule has 2 aliphatic heterocycles. The van der Waals surface area contributed by atoms with Gasteiger partial charge in [-0.25, -0.2) is 9.96 Å². The Hall–Kier alpha value is -2.86. The van der Waals surface area contributed by atoms with Crippen LogP contribution in [0.1, 0.15) is 11.6 Å². The Morgan fingerprint density at radius 2 is 1.40 bits per heavy atom. The number of benzene rings is 3. The number of para-hydroxylation sites is 1. The molecule has 2 aliphatic rings. The van der Waals surface area contributed by atoms with Crippen molar-refractivity contribution < 1.29 is 14.4 Å². The number of hydrogen-bond acceptors (Lipinski definition) is 4. The number of fused-ring (bicyclic) bond motifs is 1. The van der Waals surface area contributed by atoms with Crippen molar-refractivity contribution in [1.29, 1.82) is 0 Å². The van der Waals surface area contributed by atoms with E-state index in [0.717, 1.165) is 16.2 Å². The van der Waals surface area contributed by atoms with Gasteiger partial charge in [0.15, 0.2) is 6.10 Å². The summed E-state index contributed by atoms with van der Waals surface area (Å²) in [5.41, 5.74) is 2.06. The Bertz CT molecular complexity index is 1120. The van der Waals surface area contributed by atoms with Gasteiger partial charge in [0.1, 0.15) is 5.92 Å². The third kappa shape index (κ3) is 2.98. The van der Waals surface area contributed by atoms with Crippen LogP contribution in [0.3, 0.4) is 0 Å². The number of rotatable bonds is 3. The van der Waals surface area contributed by atoms with Crippen LogP contribution >= 0.6 is 23.2 Å². The molecule has 2 amide bonds. The summed E-state index contributed by atoms with van der Waals surface area (Å²) >= 11 is 12.1. The average Bonchev–Trinajstić information content (AvgIpc) is 3.28. The minimum atomic E-state index is -0.919. The van der Waals surface area contributed by atoms with Crippen molar-refractivity contribution >= 4 is 46.4 Å². The molecule has 2 fully saturated rings. The lowest BCUT2D eigenvalue weighted by molar-refractivity contribution is -0.126. The molecule has 0 spiro atoms. The summed E-state index contributed by atoms with van der Waals surface area (Å²) in [7, 11) is 0. The smallest absolute Gasteiger partial charge is 0.266 e. The van der Waals surface area contributed by atoms with Gasteiger partial charge in [-0.1, -0.05) is 71.7 Å². The maximum Gasteiger partial charge on any atom is 0.266 e. The van der Waals surface area contributed by atoms with Gasteiger partial charge in [-0.05, 0) is 35.9 Å². The molecule has 0 bridgehead atoms. The molecule has 0 aromatic heterocycles. The van der Waals surface area contributed by atoms with E-state index in [9.17, 15) is 9.59 Å². The molecule has 7 heteroatoms. The largest absolute Gasteiger partial charge is 0.273 e. The summed E-state index contributed by atoms with van der Waals surface area (Å²) < 4.78 is 0. The number of halogens is 2. The lowest BCUT2D eigenvalue weighted by Gasteiger charge is -2.28. The van der Waals surface area contributed by atoms with Gasteiger partial charge in [-0.15, -0.1) is 0 Å². The number of hydroxylamine groups is 1. The first-order chi connectivity index (χ1) is 14.6. The fourth-order valence-corrected chi connectivity index (χ4v) is 4.37. The number of anilines is 2. The first kappa shape index (κ1) is 19.1. The monoisotopic (exact) mass is 438 g/mol. The summed E-state index contributed by atoms with van der Waals surface area (Å²) in [4.78, 5) is 33.9. The van der Waals surface area contributed by atoms with Crippen molar-refractivity contribution in [3.63, 3.8) is 0 Å². The van der Waals surface area contributed by atoms with E-state index in [0.29, 0.717) is 10.7 Å². The van der Waals surface area contributed by atoms with Crippen LogP contribution in [0.15, 0.2) is 78.9 Å². The van der Waals surface area contributed by atoms with Crippen LogP contribution in [0, 0.1) is 5.92 Å². The van der Waals surface area contributed by atoms with Crippen molar-refractivity contribution in [2.24, 2.45) is 5.92 Å². The molecule has 3 aromatic carbocycles. The van der Waals surface area contributed by atoms with E-state index in [2.05, 4.69) is 0 Å². The predicted molar refractivity (Wildman–Crippen MR) is 115 cm³/mol. The van der Waals surface area contributed by atoms with E-state index in [4.69, 9.17) is 28.0 Å². The lowest BCUT2D eigenvalue weighted by Crippen LogP contribution is -2.37. The Kier molecular flexibility index (Phi) is 4.74. The van der Waals surface area contributed by atoms with E-state index < -0.39 is 24.0 Å². The van der Waals surface area contributed by atoms with Crippen LogP contribution in [0.25, 0.3) is 0 Å². The maximum absolute atomic E-state index is 13.5. The number of hydrogen-bond donors (Lipinski definition) is 0. The highest BCUT2D eigenvalue weighted by Gasteiger charge is 2.60. The molecule has 0 saturated carbocycles. The predicted octanol–water partition coefficient (Wildman–Crippen LogP) is 5.04. The normalized spacial score (nSPS) is 23.2. The van der Waals surface area contributed by atoms with E-state index in [1.807, 2.05) is 60.7 Å². The highest BCUT2D eigenvalue weighted by atomic mass is 35.5. The maximum atomic E-state index is 13.5. The Morgan fingerprint density at radius 3 is 2.07 bits per heavy atom. The Balaban J connectivity index is 1.58. The first-order valence-electron chi connectivity index (χ1n) is 9.45. The van der Waals surface area contributed by atoms with Crippen molar-refractivity contribution in [3.05, 3.63) is 94.5 Å². The number of nitrogens with zero attached hydrogens (tertiary/aromatic N) is 2. The van der Waals surface area contributed by atoms with Crippen molar-refractivity contribution in [2.75, 3.05) is 9.96 Å². The van der Waals surface area contributed by atoms with Crippen LogP contribution < -0.4 is 9.96 Å². The van der Waals surface area contributed by atoms with Gasteiger partial charge in [-0.2, -0.15) is 0 Å². The zero-order chi connectivity index (χ0) is 20.8. The Labute approximate surface area is 183 Å². The molecule has 5 rings (SSSR count). The Morgan fingerprint density at radius 1 is 0.733 bits per heavy atom. The molecule has 2 heterocycles. The van der Waals surface area contributed by atoms with E-state index in [-0.39, 0.29) is 10.9 Å². The molecule has 2 saturated heterocycles. The van der Waals surface area contributed by atoms with Crippen LogP contribution in [0.2, 0.25) is 10.0 Å². The first-order valence-corrected chi connectivity index (χ1v) is 10.2. The molecule has 0 aliphatic carbocycles. The summed E-state index contributed by atoms with van der Waals surface area (Å²) in [6, 6.07) is 23.3. The van der Waals surface area contributed by atoms with E-state index in [1.54, 1.807) is 17.2 Å². The average molecular weight is 439 g/mol. The molecule has 3 aromatic rings. The minimum absolute atomic E-state index is 0.276. The zero-order valence-electron chi connectivity index (χ0n) is 15.6. The molecule has 0 unspecified atom stereocenters. The minimum Gasteiger partial charge on any atom is -0.273 e.